The third-order valence-corrected chi connectivity index (χ3v) is 1.48. The van der Waals surface area contributed by atoms with Gasteiger partial charge >= 0.3 is 0 Å². The summed E-state index contributed by atoms with van der Waals surface area (Å²) in [6.45, 7) is 2.06. The zero-order valence-electron chi connectivity index (χ0n) is 5.32. The van der Waals surface area contributed by atoms with E-state index in [0.717, 1.165) is 17.8 Å². The van der Waals surface area contributed by atoms with Gasteiger partial charge < -0.3 is 0 Å². The molecule has 2 nitrogen and oxygen atoms in total. The van der Waals surface area contributed by atoms with Crippen molar-refractivity contribution in [1.29, 1.82) is 0 Å². The summed E-state index contributed by atoms with van der Waals surface area (Å²) < 4.78 is 0. The maximum absolute atomic E-state index is 5.53. The van der Waals surface area contributed by atoms with Gasteiger partial charge in [-0.3, -0.25) is 5.10 Å². The van der Waals surface area contributed by atoms with Crippen LogP contribution in [-0.2, 0) is 12.3 Å². The number of hydrogen-bond acceptors (Lipinski definition) is 1. The minimum absolute atomic E-state index is 0.521. The fraction of sp³-hybridized carbons (Fsp3) is 0.500. The van der Waals surface area contributed by atoms with Crippen molar-refractivity contribution < 1.29 is 0 Å². The molecule has 0 bridgehead atoms. The summed E-state index contributed by atoms with van der Waals surface area (Å²) in [6.07, 6.45) is 0.966. The number of nitrogens with one attached hydrogen (secondary N) is 1. The Labute approximate surface area is 59.2 Å². The average molecular weight is 145 g/mol. The van der Waals surface area contributed by atoms with Crippen LogP contribution in [0.5, 0.6) is 0 Å². The average Bonchev–Trinajstić information content (AvgIpc) is 2.34. The highest BCUT2D eigenvalue weighted by atomic mass is 35.5. The van der Waals surface area contributed by atoms with Crippen molar-refractivity contribution in [1.82, 2.24) is 10.2 Å². The van der Waals surface area contributed by atoms with E-state index in [0.29, 0.717) is 5.88 Å². The molecule has 0 saturated heterocycles. The molecule has 0 radical (unpaired) electrons. The molecule has 0 aromatic carbocycles. The lowest BCUT2D eigenvalue weighted by Gasteiger charge is -1.79. The third kappa shape index (κ3) is 1.45. The maximum atomic E-state index is 5.53. The first-order valence-electron chi connectivity index (χ1n) is 2.96. The molecule has 0 aliphatic rings. The molecule has 1 aromatic rings. The van der Waals surface area contributed by atoms with E-state index in [9.17, 15) is 0 Å². The summed E-state index contributed by atoms with van der Waals surface area (Å²) in [6, 6.07) is 1.98. The Morgan fingerprint density at radius 3 is 2.89 bits per heavy atom. The van der Waals surface area contributed by atoms with Crippen molar-refractivity contribution in [2.45, 2.75) is 19.2 Å². The number of rotatable bonds is 2. The molecule has 0 spiro atoms. The van der Waals surface area contributed by atoms with E-state index in [2.05, 4.69) is 17.1 Å². The van der Waals surface area contributed by atoms with Crippen molar-refractivity contribution in [3.8, 4) is 0 Å². The molecule has 1 aromatic heterocycles. The van der Waals surface area contributed by atoms with Crippen LogP contribution in [0.2, 0.25) is 0 Å². The van der Waals surface area contributed by atoms with Gasteiger partial charge in [-0.05, 0) is 12.5 Å². The maximum Gasteiger partial charge on any atom is 0.0641 e. The van der Waals surface area contributed by atoms with Gasteiger partial charge in [0, 0.05) is 0 Å². The van der Waals surface area contributed by atoms with E-state index in [1.54, 1.807) is 0 Å². The van der Waals surface area contributed by atoms with E-state index >= 15 is 0 Å². The molecular weight excluding hydrogens is 136 g/mol. The predicted octanol–water partition coefficient (Wildman–Crippen LogP) is 1.71. The number of aromatic nitrogens is 2. The summed E-state index contributed by atoms with van der Waals surface area (Å²) in [7, 11) is 0. The summed E-state index contributed by atoms with van der Waals surface area (Å²) in [5.41, 5.74) is 2.07. The predicted molar refractivity (Wildman–Crippen MR) is 37.5 cm³/mol. The van der Waals surface area contributed by atoms with Crippen LogP contribution in [0.4, 0.5) is 0 Å². The molecule has 50 valence electrons. The molecule has 0 aliphatic carbocycles. The number of aromatic amines is 1. The van der Waals surface area contributed by atoms with Crippen molar-refractivity contribution in [2.75, 3.05) is 0 Å². The molecular formula is C6H9ClN2. The van der Waals surface area contributed by atoms with Gasteiger partial charge in [-0.1, -0.05) is 6.92 Å². The van der Waals surface area contributed by atoms with Crippen molar-refractivity contribution >= 4 is 11.6 Å². The van der Waals surface area contributed by atoms with Gasteiger partial charge in [-0.2, -0.15) is 5.10 Å². The molecule has 3 heteroatoms. The highest BCUT2D eigenvalue weighted by Gasteiger charge is 1.94. The van der Waals surface area contributed by atoms with Gasteiger partial charge in [-0.15, -0.1) is 11.6 Å². The zero-order valence-corrected chi connectivity index (χ0v) is 6.07. The van der Waals surface area contributed by atoms with E-state index in [1.807, 2.05) is 6.07 Å². The number of H-pyrrole nitrogens is 1. The van der Waals surface area contributed by atoms with Crippen LogP contribution < -0.4 is 0 Å². The number of aryl methyl sites for hydroxylation is 1. The van der Waals surface area contributed by atoms with Gasteiger partial charge in [0.2, 0.25) is 0 Å². The topological polar surface area (TPSA) is 28.7 Å². The van der Waals surface area contributed by atoms with Crippen LogP contribution in [0.3, 0.4) is 0 Å². The number of halogens is 1. The first kappa shape index (κ1) is 6.62. The normalized spacial score (nSPS) is 10.0. The van der Waals surface area contributed by atoms with Crippen LogP contribution in [0.1, 0.15) is 18.3 Å². The Morgan fingerprint density at radius 1 is 1.78 bits per heavy atom. The largest absolute Gasteiger partial charge is 0.281 e. The van der Waals surface area contributed by atoms with E-state index in [-0.39, 0.29) is 0 Å². The molecule has 1 rings (SSSR count). The lowest BCUT2D eigenvalue weighted by Crippen LogP contribution is -1.76. The van der Waals surface area contributed by atoms with Gasteiger partial charge in [0.15, 0.2) is 0 Å². The highest BCUT2D eigenvalue weighted by Crippen LogP contribution is 2.01. The molecule has 0 unspecified atom stereocenters. The molecule has 0 amide bonds. The monoisotopic (exact) mass is 144 g/mol. The Balaban J connectivity index is 2.74. The lowest BCUT2D eigenvalue weighted by atomic mass is 10.3. The summed E-state index contributed by atoms with van der Waals surface area (Å²) in [5, 5.41) is 6.82. The summed E-state index contributed by atoms with van der Waals surface area (Å²) in [5.74, 6) is 0.521. The molecule has 9 heavy (non-hydrogen) atoms. The Hall–Kier alpha value is -0.500. The minimum Gasteiger partial charge on any atom is -0.281 e. The molecule has 0 aliphatic heterocycles. The first-order valence-corrected chi connectivity index (χ1v) is 3.49. The second-order valence-corrected chi connectivity index (χ2v) is 2.14. The van der Waals surface area contributed by atoms with Crippen LogP contribution in [0.25, 0.3) is 0 Å². The van der Waals surface area contributed by atoms with Gasteiger partial charge in [-0.25, -0.2) is 0 Å². The summed E-state index contributed by atoms with van der Waals surface area (Å²) in [4.78, 5) is 0. The Kier molecular flexibility index (Phi) is 2.11. The zero-order chi connectivity index (χ0) is 6.69. The van der Waals surface area contributed by atoms with Gasteiger partial charge in [0.1, 0.15) is 0 Å². The van der Waals surface area contributed by atoms with Crippen LogP contribution in [0, 0.1) is 0 Å². The quantitative estimate of drug-likeness (QED) is 0.629. The van der Waals surface area contributed by atoms with Crippen molar-refractivity contribution in [2.24, 2.45) is 0 Å². The molecule has 0 saturated carbocycles. The first-order chi connectivity index (χ1) is 4.36. The lowest BCUT2D eigenvalue weighted by molar-refractivity contribution is 0.959. The Morgan fingerprint density at radius 2 is 2.56 bits per heavy atom. The van der Waals surface area contributed by atoms with Crippen molar-refractivity contribution in [3.63, 3.8) is 0 Å². The standard InChI is InChI=1S/C6H9ClN2/c1-2-5-3-6(4-7)9-8-5/h3H,2,4H2,1H3,(H,8,9). The van der Waals surface area contributed by atoms with Crippen LogP contribution in [0.15, 0.2) is 6.07 Å². The van der Waals surface area contributed by atoms with Crippen LogP contribution in [-0.4, -0.2) is 10.2 Å². The SMILES string of the molecule is CCc1cc(CCl)[nH]n1. The van der Waals surface area contributed by atoms with E-state index in [4.69, 9.17) is 11.6 Å². The molecule has 0 atom stereocenters. The fourth-order valence-electron chi connectivity index (χ4n) is 0.659. The molecule has 0 fully saturated rings. The number of alkyl halides is 1. The fourth-order valence-corrected chi connectivity index (χ4v) is 0.796. The van der Waals surface area contributed by atoms with Gasteiger partial charge in [0.25, 0.3) is 0 Å². The molecule has 1 N–H and O–H groups in total. The van der Waals surface area contributed by atoms with E-state index in [1.165, 1.54) is 0 Å². The number of hydrogen-bond donors (Lipinski definition) is 1. The number of nitrogens with zero attached hydrogens (tertiary/aromatic N) is 1. The second kappa shape index (κ2) is 2.87. The smallest absolute Gasteiger partial charge is 0.0641 e. The second-order valence-electron chi connectivity index (χ2n) is 1.87. The van der Waals surface area contributed by atoms with E-state index < -0.39 is 0 Å². The summed E-state index contributed by atoms with van der Waals surface area (Å²) >= 11 is 5.53. The Bertz CT molecular complexity index is 164. The highest BCUT2D eigenvalue weighted by molar-refractivity contribution is 6.16. The van der Waals surface area contributed by atoms with Crippen molar-refractivity contribution in [3.05, 3.63) is 17.5 Å². The minimum atomic E-state index is 0.521. The van der Waals surface area contributed by atoms with Gasteiger partial charge in [0.05, 0.1) is 17.3 Å². The third-order valence-electron chi connectivity index (χ3n) is 1.19. The molecule has 1 heterocycles. The van der Waals surface area contributed by atoms with Crippen LogP contribution >= 0.6 is 11.6 Å².